The Morgan fingerprint density at radius 1 is 0.929 bits per heavy atom. The van der Waals surface area contributed by atoms with Crippen molar-refractivity contribution in [2.45, 2.75) is 17.9 Å². The third-order valence-corrected chi connectivity index (χ3v) is 5.73. The number of benzene rings is 3. The lowest BCUT2D eigenvalue weighted by Gasteiger charge is -2.15. The number of nitrogens with one attached hydrogen (secondary N) is 2. The van der Waals surface area contributed by atoms with Crippen LogP contribution in [0.2, 0.25) is 0 Å². The summed E-state index contributed by atoms with van der Waals surface area (Å²) < 4.78 is 27.6. The fraction of sp³-hybridized carbons (Fsp3) is 0.100. The first-order valence-electron chi connectivity index (χ1n) is 8.48. The van der Waals surface area contributed by atoms with Gasteiger partial charge in [-0.2, -0.15) is 4.72 Å². The molecule has 0 spiro atoms. The molecule has 1 atom stereocenters. The number of amides is 2. The van der Waals surface area contributed by atoms with Crippen LogP contribution in [-0.2, 0) is 14.8 Å². The highest BCUT2D eigenvalue weighted by molar-refractivity contribution is 7.89. The zero-order valence-electron chi connectivity index (χ0n) is 15.0. The maximum Gasteiger partial charge on any atom is 0.248 e. The quantitative estimate of drug-likeness (QED) is 0.591. The van der Waals surface area contributed by atoms with Gasteiger partial charge in [-0.25, -0.2) is 8.42 Å². The van der Waals surface area contributed by atoms with Crippen molar-refractivity contribution in [2.75, 3.05) is 5.32 Å². The Bertz CT molecular complexity index is 1140. The van der Waals surface area contributed by atoms with Crippen LogP contribution in [0.3, 0.4) is 0 Å². The van der Waals surface area contributed by atoms with Crippen LogP contribution in [0, 0.1) is 0 Å². The number of hydrogen-bond donors (Lipinski definition) is 3. The van der Waals surface area contributed by atoms with Gasteiger partial charge in [0.2, 0.25) is 21.8 Å². The minimum absolute atomic E-state index is 0.0802. The maximum absolute atomic E-state index is 12.6. The summed E-state index contributed by atoms with van der Waals surface area (Å²) >= 11 is 0. The number of primary amides is 1. The average molecular weight is 397 g/mol. The Hall–Kier alpha value is -3.23. The second-order valence-corrected chi connectivity index (χ2v) is 8.00. The van der Waals surface area contributed by atoms with E-state index in [0.29, 0.717) is 11.3 Å². The highest BCUT2D eigenvalue weighted by atomic mass is 32.2. The van der Waals surface area contributed by atoms with Gasteiger partial charge < -0.3 is 11.1 Å². The summed E-state index contributed by atoms with van der Waals surface area (Å²) in [4.78, 5) is 23.5. The smallest absolute Gasteiger partial charge is 0.248 e. The number of carbonyl (C=O) groups is 2. The Kier molecular flexibility index (Phi) is 5.43. The monoisotopic (exact) mass is 397 g/mol. The van der Waals surface area contributed by atoms with Crippen LogP contribution in [0.5, 0.6) is 0 Å². The van der Waals surface area contributed by atoms with E-state index in [9.17, 15) is 18.0 Å². The molecule has 0 bridgehead atoms. The predicted molar refractivity (Wildman–Crippen MR) is 107 cm³/mol. The van der Waals surface area contributed by atoms with Crippen molar-refractivity contribution < 1.29 is 18.0 Å². The first kappa shape index (κ1) is 19.5. The molecule has 3 rings (SSSR count). The highest BCUT2D eigenvalue weighted by Gasteiger charge is 2.22. The fourth-order valence-electron chi connectivity index (χ4n) is 2.66. The number of nitrogens with two attached hydrogens (primary N) is 1. The summed E-state index contributed by atoms with van der Waals surface area (Å²) in [6, 6.07) is 17.2. The molecule has 0 aliphatic heterocycles. The number of anilines is 1. The normalized spacial score (nSPS) is 12.5. The molecule has 144 valence electrons. The van der Waals surface area contributed by atoms with Crippen LogP contribution >= 0.6 is 0 Å². The van der Waals surface area contributed by atoms with Crippen molar-refractivity contribution in [3.8, 4) is 0 Å². The van der Waals surface area contributed by atoms with Crippen LogP contribution < -0.4 is 15.8 Å². The second kappa shape index (κ2) is 7.79. The number of sulfonamides is 1. The summed E-state index contributed by atoms with van der Waals surface area (Å²) in [6.45, 7) is 1.45. The Labute approximate surface area is 162 Å². The summed E-state index contributed by atoms with van der Waals surface area (Å²) in [7, 11) is -3.88. The van der Waals surface area contributed by atoms with E-state index in [1.807, 2.05) is 24.3 Å². The average Bonchev–Trinajstić information content (AvgIpc) is 2.67. The van der Waals surface area contributed by atoms with E-state index in [1.165, 1.54) is 37.3 Å². The van der Waals surface area contributed by atoms with Gasteiger partial charge in [-0.15, -0.1) is 0 Å². The van der Waals surface area contributed by atoms with Gasteiger partial charge in [0.1, 0.15) is 0 Å². The Morgan fingerprint density at radius 3 is 2.21 bits per heavy atom. The van der Waals surface area contributed by atoms with E-state index in [0.717, 1.165) is 10.8 Å². The summed E-state index contributed by atoms with van der Waals surface area (Å²) in [6.07, 6.45) is 0. The van der Waals surface area contributed by atoms with Crippen LogP contribution in [0.4, 0.5) is 5.69 Å². The van der Waals surface area contributed by atoms with Crippen molar-refractivity contribution in [1.82, 2.24) is 4.72 Å². The predicted octanol–water partition coefficient (Wildman–Crippen LogP) is 2.24. The molecule has 0 radical (unpaired) electrons. The molecule has 0 saturated carbocycles. The third-order valence-electron chi connectivity index (χ3n) is 4.19. The van der Waals surface area contributed by atoms with Crippen LogP contribution in [0.15, 0.2) is 71.6 Å². The molecule has 0 aromatic heterocycles. The molecular weight excluding hydrogens is 378 g/mol. The molecular formula is C20H19N3O4S. The molecule has 3 aromatic carbocycles. The number of fused-ring (bicyclic) bond motifs is 1. The van der Waals surface area contributed by atoms with Gasteiger partial charge in [0.15, 0.2) is 0 Å². The van der Waals surface area contributed by atoms with E-state index >= 15 is 0 Å². The van der Waals surface area contributed by atoms with E-state index in [-0.39, 0.29) is 4.90 Å². The van der Waals surface area contributed by atoms with E-state index in [2.05, 4.69) is 10.0 Å². The molecule has 0 aliphatic rings. The molecule has 1 unspecified atom stereocenters. The van der Waals surface area contributed by atoms with Crippen LogP contribution in [0.1, 0.15) is 17.3 Å². The van der Waals surface area contributed by atoms with Gasteiger partial charge >= 0.3 is 0 Å². The number of hydrogen-bond acceptors (Lipinski definition) is 4. The standard InChI is InChI=1S/C20H19N3O4S/c1-13(20(25)22-17-9-6-15(7-10-17)19(21)24)23-28(26,27)18-11-8-14-4-2-3-5-16(14)12-18/h2-13,23H,1H3,(H2,21,24)(H,22,25). The molecule has 7 nitrogen and oxygen atoms in total. The molecule has 0 fully saturated rings. The van der Waals surface area contributed by atoms with Gasteiger partial charge in [-0.05, 0) is 54.1 Å². The molecule has 3 aromatic rings. The summed E-state index contributed by atoms with van der Waals surface area (Å²) in [5, 5.41) is 4.31. The lowest BCUT2D eigenvalue weighted by Crippen LogP contribution is -2.41. The molecule has 8 heteroatoms. The van der Waals surface area contributed by atoms with E-state index < -0.39 is 27.9 Å². The van der Waals surface area contributed by atoms with Gasteiger partial charge in [0.05, 0.1) is 10.9 Å². The van der Waals surface area contributed by atoms with Gasteiger partial charge in [-0.3, -0.25) is 9.59 Å². The van der Waals surface area contributed by atoms with Crippen molar-refractivity contribution in [3.05, 3.63) is 72.3 Å². The Balaban J connectivity index is 1.71. The van der Waals surface area contributed by atoms with Crippen molar-refractivity contribution in [2.24, 2.45) is 5.73 Å². The fourth-order valence-corrected chi connectivity index (χ4v) is 3.90. The van der Waals surface area contributed by atoms with Crippen molar-refractivity contribution in [3.63, 3.8) is 0 Å². The molecule has 4 N–H and O–H groups in total. The van der Waals surface area contributed by atoms with Crippen LogP contribution in [-0.4, -0.2) is 26.3 Å². The molecule has 0 saturated heterocycles. The van der Waals surface area contributed by atoms with E-state index in [1.54, 1.807) is 12.1 Å². The molecule has 2 amide bonds. The van der Waals surface area contributed by atoms with E-state index in [4.69, 9.17) is 5.73 Å². The maximum atomic E-state index is 12.6. The molecule has 28 heavy (non-hydrogen) atoms. The number of carbonyl (C=O) groups excluding carboxylic acids is 2. The van der Waals surface area contributed by atoms with Crippen LogP contribution in [0.25, 0.3) is 10.8 Å². The molecule has 0 aliphatic carbocycles. The summed E-state index contributed by atoms with van der Waals surface area (Å²) in [5.41, 5.74) is 5.90. The largest absolute Gasteiger partial charge is 0.366 e. The summed E-state index contributed by atoms with van der Waals surface area (Å²) in [5.74, 6) is -1.11. The minimum atomic E-state index is -3.88. The first-order valence-corrected chi connectivity index (χ1v) is 9.96. The first-order chi connectivity index (χ1) is 13.3. The zero-order valence-corrected chi connectivity index (χ0v) is 15.9. The van der Waals surface area contributed by atoms with Crippen molar-refractivity contribution >= 4 is 38.3 Å². The zero-order chi connectivity index (χ0) is 20.3. The lowest BCUT2D eigenvalue weighted by molar-refractivity contribution is -0.117. The second-order valence-electron chi connectivity index (χ2n) is 6.28. The van der Waals surface area contributed by atoms with Gasteiger partial charge in [0.25, 0.3) is 0 Å². The van der Waals surface area contributed by atoms with Gasteiger partial charge in [-0.1, -0.05) is 30.3 Å². The van der Waals surface area contributed by atoms with Gasteiger partial charge in [0, 0.05) is 11.3 Å². The topological polar surface area (TPSA) is 118 Å². The lowest BCUT2D eigenvalue weighted by atomic mass is 10.1. The number of rotatable bonds is 6. The Morgan fingerprint density at radius 2 is 1.57 bits per heavy atom. The highest BCUT2D eigenvalue weighted by Crippen LogP contribution is 2.19. The van der Waals surface area contributed by atoms with Crippen molar-refractivity contribution in [1.29, 1.82) is 0 Å². The third kappa shape index (κ3) is 4.36. The molecule has 0 heterocycles. The minimum Gasteiger partial charge on any atom is -0.366 e. The SMILES string of the molecule is CC(NS(=O)(=O)c1ccc2ccccc2c1)C(=O)Nc1ccc(C(N)=O)cc1.